The Morgan fingerprint density at radius 3 is 2.87 bits per heavy atom. The highest BCUT2D eigenvalue weighted by Gasteiger charge is 2.31. The number of benzene rings is 1. The molecule has 2 rings (SSSR count). The summed E-state index contributed by atoms with van der Waals surface area (Å²) in [5.74, 6) is 0.940. The van der Waals surface area contributed by atoms with Crippen molar-refractivity contribution in [2.45, 2.75) is 19.8 Å². The highest BCUT2D eigenvalue weighted by Crippen LogP contribution is 2.38. The molecule has 1 amide bonds. The second-order valence-corrected chi connectivity index (χ2v) is 3.77. The molecule has 1 aliphatic rings. The molecule has 1 aromatic rings. The molecule has 0 saturated carbocycles. The van der Waals surface area contributed by atoms with Crippen LogP contribution >= 0.6 is 0 Å². The molecule has 1 heterocycles. The summed E-state index contributed by atoms with van der Waals surface area (Å²) < 4.78 is 5.42. The van der Waals surface area contributed by atoms with Crippen molar-refractivity contribution >= 4 is 11.6 Å². The number of carbonyl (C=O) groups is 1. The van der Waals surface area contributed by atoms with E-state index >= 15 is 0 Å². The molecule has 80 valence electrons. The maximum atomic E-state index is 11.7. The van der Waals surface area contributed by atoms with Gasteiger partial charge >= 0.3 is 0 Å². The fourth-order valence-corrected chi connectivity index (χ4v) is 1.98. The van der Waals surface area contributed by atoms with Crippen LogP contribution in [0, 0.1) is 0 Å². The minimum atomic E-state index is -0.0505. The lowest BCUT2D eigenvalue weighted by atomic mass is 10.0. The van der Waals surface area contributed by atoms with E-state index in [-0.39, 0.29) is 11.8 Å². The fraction of sp³-hybridized carbons (Fsp3) is 0.417. The lowest BCUT2D eigenvalue weighted by Crippen LogP contribution is -2.22. The predicted molar refractivity (Wildman–Crippen MR) is 59.4 cm³/mol. The van der Waals surface area contributed by atoms with E-state index in [4.69, 9.17) is 4.74 Å². The maximum Gasteiger partial charge on any atom is 0.234 e. The SMILES string of the molecule is CCOc1ccc2c(c1)[C@@H](C)C(=O)N2C. The summed E-state index contributed by atoms with van der Waals surface area (Å²) in [6.45, 7) is 4.53. The molecule has 1 atom stereocenters. The summed E-state index contributed by atoms with van der Waals surface area (Å²) in [5.41, 5.74) is 2.06. The third-order valence-electron chi connectivity index (χ3n) is 2.84. The summed E-state index contributed by atoms with van der Waals surface area (Å²) >= 11 is 0. The van der Waals surface area contributed by atoms with E-state index in [2.05, 4.69) is 0 Å². The molecule has 0 aromatic heterocycles. The molecule has 0 unspecified atom stereocenters. The van der Waals surface area contributed by atoms with Gasteiger partial charge in [0, 0.05) is 12.7 Å². The zero-order valence-corrected chi connectivity index (χ0v) is 9.28. The first kappa shape index (κ1) is 10.0. The van der Waals surface area contributed by atoms with Crippen LogP contribution in [0.15, 0.2) is 18.2 Å². The molecular formula is C12H15NO2. The van der Waals surface area contributed by atoms with Crippen LogP contribution in [0.3, 0.4) is 0 Å². The molecule has 0 fully saturated rings. The quantitative estimate of drug-likeness (QED) is 0.740. The second kappa shape index (κ2) is 3.57. The van der Waals surface area contributed by atoms with Gasteiger partial charge in [0.1, 0.15) is 5.75 Å². The van der Waals surface area contributed by atoms with E-state index in [1.807, 2.05) is 39.1 Å². The van der Waals surface area contributed by atoms with Crippen molar-refractivity contribution < 1.29 is 9.53 Å². The molecule has 15 heavy (non-hydrogen) atoms. The number of anilines is 1. The summed E-state index contributed by atoms with van der Waals surface area (Å²) in [6.07, 6.45) is 0. The number of likely N-dealkylation sites (N-methyl/N-ethyl adjacent to an activating group) is 1. The number of fused-ring (bicyclic) bond motifs is 1. The third-order valence-corrected chi connectivity index (χ3v) is 2.84. The standard InChI is InChI=1S/C12H15NO2/c1-4-15-9-5-6-11-10(7-9)8(2)12(14)13(11)3/h5-8H,4H2,1-3H3/t8-/m1/s1. The molecule has 0 radical (unpaired) electrons. The van der Waals surface area contributed by atoms with Gasteiger partial charge in [-0.15, -0.1) is 0 Å². The molecule has 0 spiro atoms. The Labute approximate surface area is 89.7 Å². The molecule has 0 N–H and O–H groups in total. The Kier molecular flexibility index (Phi) is 2.39. The Bertz CT molecular complexity index is 401. The van der Waals surface area contributed by atoms with Gasteiger partial charge in [-0.05, 0) is 37.6 Å². The Balaban J connectivity index is 2.42. The van der Waals surface area contributed by atoms with Crippen LogP contribution in [0.4, 0.5) is 5.69 Å². The topological polar surface area (TPSA) is 29.5 Å². The van der Waals surface area contributed by atoms with Gasteiger partial charge in [0.25, 0.3) is 0 Å². The van der Waals surface area contributed by atoms with Crippen molar-refractivity contribution in [2.75, 3.05) is 18.6 Å². The first-order valence-corrected chi connectivity index (χ1v) is 5.19. The minimum absolute atomic E-state index is 0.0505. The third kappa shape index (κ3) is 1.48. The number of amides is 1. The van der Waals surface area contributed by atoms with Crippen LogP contribution in [-0.2, 0) is 4.79 Å². The Morgan fingerprint density at radius 2 is 2.20 bits per heavy atom. The average Bonchev–Trinajstić information content (AvgIpc) is 2.45. The van der Waals surface area contributed by atoms with Crippen molar-refractivity contribution in [3.8, 4) is 5.75 Å². The van der Waals surface area contributed by atoms with E-state index in [0.717, 1.165) is 17.0 Å². The lowest BCUT2D eigenvalue weighted by molar-refractivity contribution is -0.118. The van der Waals surface area contributed by atoms with Crippen molar-refractivity contribution in [1.29, 1.82) is 0 Å². The van der Waals surface area contributed by atoms with Gasteiger partial charge < -0.3 is 9.64 Å². The fourth-order valence-electron chi connectivity index (χ4n) is 1.98. The van der Waals surface area contributed by atoms with Gasteiger partial charge in [0.15, 0.2) is 0 Å². The zero-order valence-electron chi connectivity index (χ0n) is 9.28. The first-order chi connectivity index (χ1) is 7.15. The highest BCUT2D eigenvalue weighted by atomic mass is 16.5. The van der Waals surface area contributed by atoms with Crippen molar-refractivity contribution in [2.24, 2.45) is 0 Å². The zero-order chi connectivity index (χ0) is 11.0. The van der Waals surface area contributed by atoms with Crippen molar-refractivity contribution in [3.63, 3.8) is 0 Å². The number of rotatable bonds is 2. The van der Waals surface area contributed by atoms with E-state index in [9.17, 15) is 4.79 Å². The van der Waals surface area contributed by atoms with Gasteiger partial charge in [-0.1, -0.05) is 0 Å². The molecule has 0 bridgehead atoms. The van der Waals surface area contributed by atoms with E-state index in [1.54, 1.807) is 4.90 Å². The number of carbonyl (C=O) groups excluding carboxylic acids is 1. The minimum Gasteiger partial charge on any atom is -0.494 e. The molecule has 1 aliphatic heterocycles. The van der Waals surface area contributed by atoms with E-state index in [0.29, 0.717) is 6.61 Å². The summed E-state index contributed by atoms with van der Waals surface area (Å²) in [4.78, 5) is 13.4. The van der Waals surface area contributed by atoms with Crippen LogP contribution in [0.2, 0.25) is 0 Å². The van der Waals surface area contributed by atoms with Crippen molar-refractivity contribution in [3.05, 3.63) is 23.8 Å². The van der Waals surface area contributed by atoms with Crippen LogP contribution < -0.4 is 9.64 Å². The summed E-state index contributed by atoms with van der Waals surface area (Å²) in [7, 11) is 1.81. The Morgan fingerprint density at radius 1 is 1.47 bits per heavy atom. The van der Waals surface area contributed by atoms with Gasteiger partial charge in [0.2, 0.25) is 5.91 Å². The monoisotopic (exact) mass is 205 g/mol. The molecule has 0 aliphatic carbocycles. The number of hydrogen-bond acceptors (Lipinski definition) is 2. The van der Waals surface area contributed by atoms with Crippen LogP contribution in [-0.4, -0.2) is 19.6 Å². The van der Waals surface area contributed by atoms with Gasteiger partial charge in [-0.25, -0.2) is 0 Å². The van der Waals surface area contributed by atoms with Gasteiger partial charge in [-0.3, -0.25) is 4.79 Å². The number of hydrogen-bond donors (Lipinski definition) is 0. The first-order valence-electron chi connectivity index (χ1n) is 5.19. The lowest BCUT2D eigenvalue weighted by Gasteiger charge is -2.10. The Hall–Kier alpha value is -1.51. The van der Waals surface area contributed by atoms with Crippen molar-refractivity contribution in [1.82, 2.24) is 0 Å². The van der Waals surface area contributed by atoms with Crippen LogP contribution in [0.25, 0.3) is 0 Å². The molecular weight excluding hydrogens is 190 g/mol. The van der Waals surface area contributed by atoms with E-state index in [1.165, 1.54) is 0 Å². The normalized spacial score (nSPS) is 19.3. The van der Waals surface area contributed by atoms with Crippen LogP contribution in [0.5, 0.6) is 5.75 Å². The molecule has 3 heteroatoms. The molecule has 3 nitrogen and oxygen atoms in total. The summed E-state index contributed by atoms with van der Waals surface area (Å²) in [5, 5.41) is 0. The number of nitrogens with zero attached hydrogens (tertiary/aromatic N) is 1. The molecule has 0 saturated heterocycles. The van der Waals surface area contributed by atoms with Gasteiger partial charge in [0.05, 0.1) is 12.5 Å². The smallest absolute Gasteiger partial charge is 0.234 e. The summed E-state index contributed by atoms with van der Waals surface area (Å²) in [6, 6.07) is 5.82. The number of ether oxygens (including phenoxy) is 1. The predicted octanol–water partition coefficient (Wildman–Crippen LogP) is 2.17. The largest absolute Gasteiger partial charge is 0.494 e. The van der Waals surface area contributed by atoms with Crippen LogP contribution in [0.1, 0.15) is 25.3 Å². The highest BCUT2D eigenvalue weighted by molar-refractivity contribution is 6.04. The molecule has 1 aromatic carbocycles. The van der Waals surface area contributed by atoms with Gasteiger partial charge in [-0.2, -0.15) is 0 Å². The average molecular weight is 205 g/mol. The second-order valence-electron chi connectivity index (χ2n) is 3.77. The van der Waals surface area contributed by atoms with E-state index < -0.39 is 0 Å². The maximum absolute atomic E-state index is 11.7.